The lowest BCUT2D eigenvalue weighted by molar-refractivity contribution is 0.0767. The van der Waals surface area contributed by atoms with Crippen LogP contribution >= 0.6 is 22.7 Å². The monoisotopic (exact) mass is 312 g/mol. The van der Waals surface area contributed by atoms with Gasteiger partial charge in [-0.1, -0.05) is 24.3 Å². The Labute approximate surface area is 130 Å². The van der Waals surface area contributed by atoms with Crippen molar-refractivity contribution in [3.8, 4) is 11.3 Å². The van der Waals surface area contributed by atoms with E-state index in [0.717, 1.165) is 28.9 Å². The molecule has 4 rings (SSSR count). The van der Waals surface area contributed by atoms with E-state index >= 15 is 0 Å². The second-order valence-electron chi connectivity index (χ2n) is 4.99. The Balaban J connectivity index is 1.51. The molecule has 0 N–H and O–H groups in total. The summed E-state index contributed by atoms with van der Waals surface area (Å²) < 4.78 is 0. The highest BCUT2D eigenvalue weighted by atomic mass is 32.1. The van der Waals surface area contributed by atoms with Crippen LogP contribution in [-0.4, -0.2) is 15.8 Å². The van der Waals surface area contributed by atoms with Crippen molar-refractivity contribution in [3.05, 3.63) is 62.6 Å². The van der Waals surface area contributed by atoms with Crippen molar-refractivity contribution in [3.63, 3.8) is 0 Å². The number of carbonyl (C=O) groups excluding carboxylic acids is 1. The summed E-state index contributed by atoms with van der Waals surface area (Å²) in [5.41, 5.74) is 5.99. The summed E-state index contributed by atoms with van der Waals surface area (Å²) >= 11 is 3.26. The molecule has 1 aromatic carbocycles. The van der Waals surface area contributed by atoms with Gasteiger partial charge in [-0.25, -0.2) is 4.98 Å². The maximum atomic E-state index is 12.2. The molecule has 3 heterocycles. The zero-order chi connectivity index (χ0) is 14.2. The van der Waals surface area contributed by atoms with Gasteiger partial charge in [0.25, 0.3) is 5.91 Å². The summed E-state index contributed by atoms with van der Waals surface area (Å²) in [5, 5.41) is 4.03. The molecule has 0 spiro atoms. The number of thiophene rings is 1. The SMILES string of the molecule is O=C1c2ccsc2CN1Cc1ccc(-c2cscn2)cc1. The molecule has 3 nitrogen and oxygen atoms in total. The molecule has 1 aliphatic rings. The van der Waals surface area contributed by atoms with E-state index in [2.05, 4.69) is 29.2 Å². The highest BCUT2D eigenvalue weighted by Crippen LogP contribution is 2.29. The van der Waals surface area contributed by atoms with Crippen molar-refractivity contribution >= 4 is 28.6 Å². The van der Waals surface area contributed by atoms with Crippen molar-refractivity contribution < 1.29 is 4.79 Å². The first-order valence-electron chi connectivity index (χ1n) is 6.64. The summed E-state index contributed by atoms with van der Waals surface area (Å²) in [7, 11) is 0. The number of thiazole rings is 1. The standard InChI is InChI=1S/C16H12N2OS2/c19-16-13-5-6-21-15(13)8-18(16)7-11-1-3-12(4-2-11)14-9-20-10-17-14/h1-6,9-10H,7-8H2. The number of hydrogen-bond donors (Lipinski definition) is 0. The van der Waals surface area contributed by atoms with Crippen LogP contribution in [0.5, 0.6) is 0 Å². The molecule has 1 aliphatic heterocycles. The highest BCUT2D eigenvalue weighted by Gasteiger charge is 2.28. The Morgan fingerprint density at radius 3 is 2.76 bits per heavy atom. The quantitative estimate of drug-likeness (QED) is 0.731. The van der Waals surface area contributed by atoms with Gasteiger partial charge in [-0.05, 0) is 17.0 Å². The molecule has 0 fully saturated rings. The number of amides is 1. The molecular formula is C16H12N2OS2. The fraction of sp³-hybridized carbons (Fsp3) is 0.125. The van der Waals surface area contributed by atoms with Crippen molar-refractivity contribution in [1.82, 2.24) is 9.88 Å². The number of carbonyl (C=O) groups is 1. The van der Waals surface area contributed by atoms with Gasteiger partial charge in [-0.2, -0.15) is 0 Å². The van der Waals surface area contributed by atoms with E-state index in [1.807, 2.05) is 27.2 Å². The van der Waals surface area contributed by atoms with Gasteiger partial charge in [-0.15, -0.1) is 22.7 Å². The molecule has 1 amide bonds. The summed E-state index contributed by atoms with van der Waals surface area (Å²) in [6, 6.07) is 10.2. The Bertz CT molecular complexity index is 775. The number of aromatic nitrogens is 1. The minimum Gasteiger partial charge on any atom is -0.329 e. The van der Waals surface area contributed by atoms with Gasteiger partial charge in [0, 0.05) is 22.4 Å². The van der Waals surface area contributed by atoms with Crippen molar-refractivity contribution in [1.29, 1.82) is 0 Å². The molecule has 21 heavy (non-hydrogen) atoms. The minimum absolute atomic E-state index is 0.148. The van der Waals surface area contributed by atoms with Gasteiger partial charge in [0.15, 0.2) is 0 Å². The third kappa shape index (κ3) is 2.28. The summed E-state index contributed by atoms with van der Waals surface area (Å²) in [4.78, 5) is 19.6. The Morgan fingerprint density at radius 2 is 2.05 bits per heavy atom. The molecule has 104 valence electrons. The van der Waals surface area contributed by atoms with Crippen LogP contribution in [0, 0.1) is 0 Å². The third-order valence-electron chi connectivity index (χ3n) is 3.65. The van der Waals surface area contributed by atoms with Crippen LogP contribution in [0.1, 0.15) is 20.8 Å². The van der Waals surface area contributed by atoms with Crippen LogP contribution in [-0.2, 0) is 13.1 Å². The second-order valence-corrected chi connectivity index (χ2v) is 6.71. The fourth-order valence-corrected chi connectivity index (χ4v) is 4.00. The molecule has 3 aromatic rings. The Hall–Kier alpha value is -1.98. The first-order valence-corrected chi connectivity index (χ1v) is 8.46. The number of rotatable bonds is 3. The van der Waals surface area contributed by atoms with Crippen LogP contribution in [0.25, 0.3) is 11.3 Å². The van der Waals surface area contributed by atoms with E-state index in [9.17, 15) is 4.79 Å². The molecule has 0 radical (unpaired) electrons. The molecule has 0 bridgehead atoms. The van der Waals surface area contributed by atoms with E-state index in [-0.39, 0.29) is 5.91 Å². The predicted octanol–water partition coefficient (Wildman–Crippen LogP) is 4.03. The molecule has 2 aromatic heterocycles. The topological polar surface area (TPSA) is 33.2 Å². The van der Waals surface area contributed by atoms with E-state index in [1.165, 1.54) is 4.88 Å². The van der Waals surface area contributed by atoms with Gasteiger partial charge >= 0.3 is 0 Å². The van der Waals surface area contributed by atoms with Crippen molar-refractivity contribution in [2.24, 2.45) is 0 Å². The van der Waals surface area contributed by atoms with Crippen LogP contribution in [0.15, 0.2) is 46.6 Å². The van der Waals surface area contributed by atoms with Crippen LogP contribution in [0.4, 0.5) is 0 Å². The number of benzene rings is 1. The second kappa shape index (κ2) is 5.09. The lowest BCUT2D eigenvalue weighted by atomic mass is 10.1. The summed E-state index contributed by atoms with van der Waals surface area (Å²) in [6.07, 6.45) is 0. The number of nitrogens with zero attached hydrogens (tertiary/aromatic N) is 2. The Morgan fingerprint density at radius 1 is 1.19 bits per heavy atom. The Kier molecular flexibility index (Phi) is 3.09. The van der Waals surface area contributed by atoms with Gasteiger partial charge in [-0.3, -0.25) is 4.79 Å². The number of hydrogen-bond acceptors (Lipinski definition) is 4. The van der Waals surface area contributed by atoms with E-state index in [4.69, 9.17) is 0 Å². The molecule has 0 saturated heterocycles. The average molecular weight is 312 g/mol. The summed E-state index contributed by atoms with van der Waals surface area (Å²) in [6.45, 7) is 1.40. The van der Waals surface area contributed by atoms with Gasteiger partial charge in [0.1, 0.15) is 0 Å². The highest BCUT2D eigenvalue weighted by molar-refractivity contribution is 7.10. The predicted molar refractivity (Wildman–Crippen MR) is 85.4 cm³/mol. The lowest BCUT2D eigenvalue weighted by Gasteiger charge is -2.15. The number of fused-ring (bicyclic) bond motifs is 1. The molecule has 5 heteroatoms. The van der Waals surface area contributed by atoms with Crippen LogP contribution in [0.3, 0.4) is 0 Å². The van der Waals surface area contributed by atoms with E-state index in [0.29, 0.717) is 6.54 Å². The van der Waals surface area contributed by atoms with Gasteiger partial charge in [0.05, 0.1) is 23.3 Å². The van der Waals surface area contributed by atoms with E-state index < -0.39 is 0 Å². The maximum Gasteiger partial charge on any atom is 0.255 e. The van der Waals surface area contributed by atoms with Gasteiger partial charge < -0.3 is 4.90 Å². The first-order chi connectivity index (χ1) is 10.3. The van der Waals surface area contributed by atoms with Crippen LogP contribution in [0.2, 0.25) is 0 Å². The molecule has 0 atom stereocenters. The van der Waals surface area contributed by atoms with Crippen molar-refractivity contribution in [2.45, 2.75) is 13.1 Å². The smallest absolute Gasteiger partial charge is 0.255 e. The zero-order valence-electron chi connectivity index (χ0n) is 11.2. The molecule has 0 unspecified atom stereocenters. The first kappa shape index (κ1) is 12.7. The maximum absolute atomic E-state index is 12.2. The molecular weight excluding hydrogens is 300 g/mol. The lowest BCUT2D eigenvalue weighted by Crippen LogP contribution is -2.23. The normalized spacial score (nSPS) is 13.7. The zero-order valence-corrected chi connectivity index (χ0v) is 12.8. The van der Waals surface area contributed by atoms with Gasteiger partial charge in [0.2, 0.25) is 0 Å². The molecule has 0 aliphatic carbocycles. The average Bonchev–Trinajstić information content (AvgIpc) is 3.21. The largest absolute Gasteiger partial charge is 0.329 e. The fourth-order valence-electron chi connectivity index (χ4n) is 2.55. The molecule has 0 saturated carbocycles. The van der Waals surface area contributed by atoms with Crippen LogP contribution < -0.4 is 0 Å². The minimum atomic E-state index is 0.148. The van der Waals surface area contributed by atoms with E-state index in [1.54, 1.807) is 22.7 Å². The van der Waals surface area contributed by atoms with Crippen molar-refractivity contribution in [2.75, 3.05) is 0 Å². The third-order valence-corrected chi connectivity index (χ3v) is 5.15. The summed E-state index contributed by atoms with van der Waals surface area (Å²) in [5.74, 6) is 0.148.